The van der Waals surface area contributed by atoms with Gasteiger partial charge in [-0.3, -0.25) is 0 Å². The van der Waals surface area contributed by atoms with Gasteiger partial charge in [0, 0.05) is 0 Å². The van der Waals surface area contributed by atoms with Gasteiger partial charge >= 0.3 is 0 Å². The molecule has 78 valence electrons. The Labute approximate surface area is 91.9 Å². The quantitative estimate of drug-likeness (QED) is 0.665. The number of aryl methyl sites for hydroxylation is 1. The summed E-state index contributed by atoms with van der Waals surface area (Å²) in [5.41, 5.74) is 2.92. The molecule has 0 aliphatic heterocycles. The largest absolute Gasteiger partial charge is 0.0616 e. The Morgan fingerprint density at radius 1 is 1.07 bits per heavy atom. The minimum absolute atomic E-state index is 0.599. The highest BCUT2D eigenvalue weighted by Gasteiger charge is 2.06. The van der Waals surface area contributed by atoms with Gasteiger partial charge < -0.3 is 0 Å². The van der Waals surface area contributed by atoms with Gasteiger partial charge in [0.25, 0.3) is 0 Å². The zero-order valence-corrected chi connectivity index (χ0v) is 9.75. The predicted molar refractivity (Wildman–Crippen MR) is 67.4 cm³/mol. The van der Waals surface area contributed by atoms with E-state index in [0.717, 1.165) is 6.42 Å². The summed E-state index contributed by atoms with van der Waals surface area (Å²) in [7, 11) is 0. The van der Waals surface area contributed by atoms with Crippen LogP contribution in [0.4, 0.5) is 0 Å². The molecule has 0 radical (unpaired) electrons. The Balaban J connectivity index is 2.74. The molecule has 0 amide bonds. The SMILES string of the molecule is CCc1cc(C(C)C)c2ccccc2c1. The van der Waals surface area contributed by atoms with Crippen molar-refractivity contribution in [3.63, 3.8) is 0 Å². The van der Waals surface area contributed by atoms with Crippen LogP contribution in [0.3, 0.4) is 0 Å². The van der Waals surface area contributed by atoms with Crippen LogP contribution in [0.25, 0.3) is 10.8 Å². The summed E-state index contributed by atoms with van der Waals surface area (Å²) >= 11 is 0. The molecule has 0 aliphatic carbocycles. The zero-order valence-electron chi connectivity index (χ0n) is 9.75. The van der Waals surface area contributed by atoms with Gasteiger partial charge in [0.2, 0.25) is 0 Å². The van der Waals surface area contributed by atoms with Crippen LogP contribution in [0.2, 0.25) is 0 Å². The molecule has 0 heteroatoms. The molecule has 0 saturated carbocycles. The van der Waals surface area contributed by atoms with Gasteiger partial charge in [-0.1, -0.05) is 57.2 Å². The molecule has 2 rings (SSSR count). The molecular weight excluding hydrogens is 180 g/mol. The lowest BCUT2D eigenvalue weighted by Crippen LogP contribution is -1.92. The van der Waals surface area contributed by atoms with Crippen molar-refractivity contribution < 1.29 is 0 Å². The summed E-state index contributed by atoms with van der Waals surface area (Å²) in [4.78, 5) is 0. The monoisotopic (exact) mass is 198 g/mol. The molecule has 0 nitrogen and oxygen atoms in total. The van der Waals surface area contributed by atoms with E-state index in [2.05, 4.69) is 57.2 Å². The fourth-order valence-electron chi connectivity index (χ4n) is 2.09. The highest BCUT2D eigenvalue weighted by molar-refractivity contribution is 5.86. The van der Waals surface area contributed by atoms with Crippen LogP contribution in [0, 0.1) is 0 Å². The molecule has 0 aromatic heterocycles. The van der Waals surface area contributed by atoms with Crippen LogP contribution < -0.4 is 0 Å². The first kappa shape index (κ1) is 10.2. The second-order valence-electron chi connectivity index (χ2n) is 4.41. The number of rotatable bonds is 2. The van der Waals surface area contributed by atoms with E-state index in [1.807, 2.05) is 0 Å². The molecule has 0 aliphatic rings. The lowest BCUT2D eigenvalue weighted by atomic mass is 9.93. The van der Waals surface area contributed by atoms with E-state index in [1.54, 1.807) is 0 Å². The predicted octanol–water partition coefficient (Wildman–Crippen LogP) is 4.53. The molecule has 2 aromatic carbocycles. The van der Waals surface area contributed by atoms with Gasteiger partial charge in [0.15, 0.2) is 0 Å². The van der Waals surface area contributed by atoms with E-state index < -0.39 is 0 Å². The Morgan fingerprint density at radius 3 is 2.47 bits per heavy atom. The third kappa shape index (κ3) is 1.90. The van der Waals surface area contributed by atoms with Crippen LogP contribution >= 0.6 is 0 Å². The van der Waals surface area contributed by atoms with E-state index >= 15 is 0 Å². The van der Waals surface area contributed by atoms with Crippen LogP contribution in [0.15, 0.2) is 36.4 Å². The van der Waals surface area contributed by atoms with Crippen molar-refractivity contribution in [3.05, 3.63) is 47.5 Å². The summed E-state index contributed by atoms with van der Waals surface area (Å²) in [6.45, 7) is 6.75. The molecule has 0 N–H and O–H groups in total. The van der Waals surface area contributed by atoms with Crippen molar-refractivity contribution in [2.24, 2.45) is 0 Å². The van der Waals surface area contributed by atoms with Gasteiger partial charge in [0.1, 0.15) is 0 Å². The minimum Gasteiger partial charge on any atom is -0.0616 e. The Morgan fingerprint density at radius 2 is 1.80 bits per heavy atom. The molecule has 0 spiro atoms. The standard InChI is InChI=1S/C15H18/c1-4-12-9-13-7-5-6-8-14(13)15(10-12)11(2)3/h5-11H,4H2,1-3H3. The third-order valence-electron chi connectivity index (χ3n) is 2.98. The second-order valence-corrected chi connectivity index (χ2v) is 4.41. The van der Waals surface area contributed by atoms with Crippen LogP contribution in [-0.2, 0) is 6.42 Å². The Kier molecular flexibility index (Phi) is 2.77. The Bertz CT molecular complexity index is 466. The molecule has 0 unspecified atom stereocenters. The van der Waals surface area contributed by atoms with Crippen molar-refractivity contribution in [1.82, 2.24) is 0 Å². The summed E-state index contributed by atoms with van der Waals surface area (Å²) < 4.78 is 0. The molecule has 2 aromatic rings. The molecule has 0 atom stereocenters. The lowest BCUT2D eigenvalue weighted by molar-refractivity contribution is 0.872. The van der Waals surface area contributed by atoms with E-state index in [-0.39, 0.29) is 0 Å². The summed E-state index contributed by atoms with van der Waals surface area (Å²) in [5, 5.41) is 2.78. The first-order valence-electron chi connectivity index (χ1n) is 5.74. The van der Waals surface area contributed by atoms with E-state index in [4.69, 9.17) is 0 Å². The summed E-state index contributed by atoms with van der Waals surface area (Å²) in [6.07, 6.45) is 1.12. The normalized spacial score (nSPS) is 11.2. The van der Waals surface area contributed by atoms with Gasteiger partial charge in [0.05, 0.1) is 0 Å². The number of hydrogen-bond donors (Lipinski definition) is 0. The molecule has 0 fully saturated rings. The summed E-state index contributed by atoms with van der Waals surface area (Å²) in [5.74, 6) is 0.599. The Hall–Kier alpha value is -1.30. The highest BCUT2D eigenvalue weighted by atomic mass is 14.1. The van der Waals surface area contributed by atoms with Crippen LogP contribution in [0.1, 0.15) is 37.8 Å². The van der Waals surface area contributed by atoms with Gasteiger partial charge in [-0.25, -0.2) is 0 Å². The van der Waals surface area contributed by atoms with E-state index in [1.165, 1.54) is 21.9 Å². The molecule has 0 heterocycles. The maximum Gasteiger partial charge on any atom is -0.0149 e. The van der Waals surface area contributed by atoms with Crippen molar-refractivity contribution in [3.8, 4) is 0 Å². The van der Waals surface area contributed by atoms with Crippen molar-refractivity contribution in [1.29, 1.82) is 0 Å². The topological polar surface area (TPSA) is 0 Å². The summed E-state index contributed by atoms with van der Waals surface area (Å²) in [6, 6.07) is 13.3. The lowest BCUT2D eigenvalue weighted by Gasteiger charge is -2.12. The minimum atomic E-state index is 0.599. The van der Waals surface area contributed by atoms with Gasteiger partial charge in [-0.05, 0) is 34.2 Å². The smallest absolute Gasteiger partial charge is 0.0149 e. The number of benzene rings is 2. The first-order valence-corrected chi connectivity index (χ1v) is 5.74. The maximum absolute atomic E-state index is 2.35. The van der Waals surface area contributed by atoms with Crippen LogP contribution in [-0.4, -0.2) is 0 Å². The van der Waals surface area contributed by atoms with E-state index in [9.17, 15) is 0 Å². The second kappa shape index (κ2) is 4.06. The number of fused-ring (bicyclic) bond motifs is 1. The van der Waals surface area contributed by atoms with Crippen molar-refractivity contribution in [2.75, 3.05) is 0 Å². The molecule has 15 heavy (non-hydrogen) atoms. The average molecular weight is 198 g/mol. The highest BCUT2D eigenvalue weighted by Crippen LogP contribution is 2.27. The third-order valence-corrected chi connectivity index (χ3v) is 2.98. The fourth-order valence-corrected chi connectivity index (χ4v) is 2.09. The fraction of sp³-hybridized carbons (Fsp3) is 0.333. The molecular formula is C15H18. The first-order chi connectivity index (χ1) is 7.22. The van der Waals surface area contributed by atoms with E-state index in [0.29, 0.717) is 5.92 Å². The number of hydrogen-bond acceptors (Lipinski definition) is 0. The van der Waals surface area contributed by atoms with Gasteiger partial charge in [-0.15, -0.1) is 0 Å². The van der Waals surface area contributed by atoms with Crippen molar-refractivity contribution in [2.45, 2.75) is 33.1 Å². The van der Waals surface area contributed by atoms with Crippen molar-refractivity contribution >= 4 is 10.8 Å². The van der Waals surface area contributed by atoms with Crippen LogP contribution in [0.5, 0.6) is 0 Å². The molecule has 0 bridgehead atoms. The molecule has 0 saturated heterocycles. The zero-order chi connectivity index (χ0) is 10.8. The maximum atomic E-state index is 2.35. The average Bonchev–Trinajstić information content (AvgIpc) is 2.27. The van der Waals surface area contributed by atoms with Gasteiger partial charge in [-0.2, -0.15) is 0 Å².